The molecule has 0 aromatic heterocycles. The van der Waals surface area contributed by atoms with Crippen molar-refractivity contribution < 1.29 is 14.0 Å². The monoisotopic (exact) mass is 353 g/mol. The minimum Gasteiger partial charge on any atom is -0.456 e. The zero-order chi connectivity index (χ0) is 19.0. The van der Waals surface area contributed by atoms with Crippen LogP contribution in [0.15, 0.2) is 47.2 Å². The Morgan fingerprint density at radius 1 is 1.31 bits per heavy atom. The highest BCUT2D eigenvalue weighted by atomic mass is 16.5. The maximum atomic E-state index is 12.1. The van der Waals surface area contributed by atoms with Gasteiger partial charge in [-0.3, -0.25) is 4.48 Å². The smallest absolute Gasteiger partial charge is 0.349 e. The second-order valence-electron chi connectivity index (χ2n) is 6.20. The molecule has 1 atom stereocenters. The van der Waals surface area contributed by atoms with Crippen LogP contribution in [0, 0.1) is 11.3 Å². The summed E-state index contributed by atoms with van der Waals surface area (Å²) in [6, 6.07) is 9.70. The molecule has 1 unspecified atom stereocenters. The summed E-state index contributed by atoms with van der Waals surface area (Å²) in [6.45, 7) is 6.85. The molecule has 6 nitrogen and oxygen atoms in total. The molecule has 0 saturated carbocycles. The molecule has 2 rings (SSSR count). The average Bonchev–Trinajstić information content (AvgIpc) is 3.08. The lowest BCUT2D eigenvalue weighted by atomic mass is 10.1. The Hall–Kier alpha value is -2.91. The highest BCUT2D eigenvalue weighted by Crippen LogP contribution is 2.17. The molecule has 26 heavy (non-hydrogen) atoms. The van der Waals surface area contributed by atoms with E-state index in [1.165, 1.54) is 0 Å². The van der Waals surface area contributed by atoms with Crippen LogP contribution in [-0.2, 0) is 9.53 Å². The van der Waals surface area contributed by atoms with Gasteiger partial charge in [-0.1, -0.05) is 12.1 Å². The summed E-state index contributed by atoms with van der Waals surface area (Å²) in [6.07, 6.45) is 6.95. The van der Waals surface area contributed by atoms with Gasteiger partial charge >= 0.3 is 5.97 Å². The van der Waals surface area contributed by atoms with Gasteiger partial charge in [0.2, 0.25) is 0 Å². The van der Waals surface area contributed by atoms with Crippen molar-refractivity contribution in [2.24, 2.45) is 4.99 Å². The number of carbonyl (C=O) groups excluding carboxylic acids is 1. The molecule has 0 amide bonds. The van der Waals surface area contributed by atoms with Crippen LogP contribution in [0.4, 0.5) is 5.69 Å². The number of quaternary nitrogens is 1. The van der Waals surface area contributed by atoms with E-state index in [0.29, 0.717) is 11.0 Å². The first kappa shape index (κ1) is 19.4. The fourth-order valence-electron chi connectivity index (χ4n) is 2.64. The molecular formula is C20H25N4O2+. The third-order valence-electron chi connectivity index (χ3n) is 4.30. The topological polar surface area (TPSA) is 65.7 Å². The number of benzene rings is 1. The van der Waals surface area contributed by atoms with Crippen LogP contribution in [0.5, 0.6) is 0 Å². The number of nitrogens with zero attached hydrogens (tertiary/aromatic N) is 4. The van der Waals surface area contributed by atoms with Gasteiger partial charge < -0.3 is 9.64 Å². The fraction of sp³-hybridized carbons (Fsp3) is 0.350. The first-order valence-electron chi connectivity index (χ1n) is 8.72. The van der Waals surface area contributed by atoms with Gasteiger partial charge in [-0.05, 0) is 37.6 Å². The molecule has 1 aromatic carbocycles. The highest BCUT2D eigenvalue weighted by molar-refractivity contribution is 5.97. The Kier molecular flexibility index (Phi) is 6.70. The van der Waals surface area contributed by atoms with Crippen LogP contribution in [0.25, 0.3) is 6.08 Å². The molecule has 0 N–H and O–H groups in total. The first-order valence-corrected chi connectivity index (χ1v) is 8.72. The van der Waals surface area contributed by atoms with Crippen molar-refractivity contribution >= 4 is 24.1 Å². The van der Waals surface area contributed by atoms with Gasteiger partial charge in [-0.25, -0.2) is 9.79 Å². The predicted molar refractivity (Wildman–Crippen MR) is 103 cm³/mol. The van der Waals surface area contributed by atoms with E-state index in [4.69, 9.17) is 4.74 Å². The summed E-state index contributed by atoms with van der Waals surface area (Å²) in [7, 11) is 1.96. The second-order valence-corrected chi connectivity index (χ2v) is 6.20. The summed E-state index contributed by atoms with van der Waals surface area (Å²) in [5.74, 6) is -0.605. The van der Waals surface area contributed by atoms with Gasteiger partial charge in [0.25, 0.3) is 0 Å². The maximum absolute atomic E-state index is 12.1. The first-order chi connectivity index (χ1) is 12.5. The van der Waals surface area contributed by atoms with E-state index in [-0.39, 0.29) is 12.2 Å². The van der Waals surface area contributed by atoms with E-state index in [9.17, 15) is 10.1 Å². The Morgan fingerprint density at radius 3 is 2.54 bits per heavy atom. The Labute approximate surface area is 154 Å². The number of anilines is 1. The van der Waals surface area contributed by atoms with Crippen LogP contribution < -0.4 is 4.90 Å². The van der Waals surface area contributed by atoms with Gasteiger partial charge in [-0.2, -0.15) is 5.26 Å². The number of nitriles is 1. The fourth-order valence-corrected chi connectivity index (χ4v) is 2.64. The van der Waals surface area contributed by atoms with Crippen molar-refractivity contribution in [2.75, 3.05) is 38.2 Å². The van der Waals surface area contributed by atoms with E-state index >= 15 is 0 Å². The third kappa shape index (κ3) is 5.04. The number of carbonyl (C=O) groups is 1. The van der Waals surface area contributed by atoms with Crippen molar-refractivity contribution in [1.82, 2.24) is 0 Å². The average molecular weight is 353 g/mol. The van der Waals surface area contributed by atoms with Gasteiger partial charge in [0.15, 0.2) is 6.34 Å². The number of hydrogen-bond acceptors (Lipinski definition) is 5. The number of hydrogen-bond donors (Lipinski definition) is 0. The summed E-state index contributed by atoms with van der Waals surface area (Å²) >= 11 is 0. The van der Waals surface area contributed by atoms with Gasteiger partial charge in [0, 0.05) is 18.8 Å². The van der Waals surface area contributed by atoms with Crippen molar-refractivity contribution in [3.8, 4) is 6.07 Å². The van der Waals surface area contributed by atoms with Crippen molar-refractivity contribution in [3.63, 3.8) is 0 Å². The summed E-state index contributed by atoms with van der Waals surface area (Å²) in [4.78, 5) is 18.4. The Balaban J connectivity index is 1.98. The largest absolute Gasteiger partial charge is 0.456 e. The van der Waals surface area contributed by atoms with Gasteiger partial charge in [0.05, 0.1) is 13.2 Å². The molecule has 0 spiro atoms. The number of ether oxygens (including phenoxy) is 1. The van der Waals surface area contributed by atoms with Crippen molar-refractivity contribution in [3.05, 3.63) is 47.8 Å². The molecule has 1 aliphatic rings. The highest BCUT2D eigenvalue weighted by Gasteiger charge is 2.20. The molecule has 0 saturated heterocycles. The van der Waals surface area contributed by atoms with Crippen LogP contribution in [0.2, 0.25) is 0 Å². The molecule has 1 aliphatic heterocycles. The maximum Gasteiger partial charge on any atom is 0.349 e. The molecule has 1 heterocycles. The number of rotatable bonds is 8. The molecule has 136 valence electrons. The van der Waals surface area contributed by atoms with Crippen LogP contribution in [0.3, 0.4) is 0 Å². The zero-order valence-electron chi connectivity index (χ0n) is 15.6. The van der Waals surface area contributed by atoms with Crippen LogP contribution in [0.1, 0.15) is 19.4 Å². The van der Waals surface area contributed by atoms with E-state index < -0.39 is 5.97 Å². The van der Waals surface area contributed by atoms with Crippen molar-refractivity contribution in [2.45, 2.75) is 13.8 Å². The quantitative estimate of drug-likeness (QED) is 0.312. The predicted octanol–water partition coefficient (Wildman–Crippen LogP) is 2.94. The normalized spacial score (nSPS) is 18.6. The molecule has 0 fully saturated rings. The SMILES string of the molecule is CCN(CC)c1ccc(C=C(C#N)C(=O)OCC[N+]2(C)C=CN=C2)cc1. The lowest BCUT2D eigenvalue weighted by Gasteiger charge is -2.21. The molecule has 0 bridgehead atoms. The minimum absolute atomic E-state index is 0.00567. The Morgan fingerprint density at radius 2 is 2.00 bits per heavy atom. The number of likely N-dealkylation sites (N-methyl/N-ethyl adjacent to an activating group) is 1. The van der Waals surface area contributed by atoms with Crippen LogP contribution in [-0.4, -0.2) is 50.1 Å². The third-order valence-corrected chi connectivity index (χ3v) is 4.30. The minimum atomic E-state index is -0.605. The van der Waals surface area contributed by atoms with Gasteiger partial charge in [-0.15, -0.1) is 0 Å². The number of aliphatic imine (C=N–C) groups is 1. The van der Waals surface area contributed by atoms with E-state index in [2.05, 4.69) is 23.7 Å². The summed E-state index contributed by atoms with van der Waals surface area (Å²) < 4.78 is 5.72. The summed E-state index contributed by atoms with van der Waals surface area (Å²) in [5, 5.41) is 9.27. The van der Waals surface area contributed by atoms with E-state index in [0.717, 1.165) is 24.3 Å². The number of esters is 1. The van der Waals surface area contributed by atoms with Crippen molar-refractivity contribution in [1.29, 1.82) is 5.26 Å². The molecule has 6 heteroatoms. The lowest BCUT2D eigenvalue weighted by Crippen LogP contribution is -2.38. The summed E-state index contributed by atoms with van der Waals surface area (Å²) in [5.41, 5.74) is 1.91. The van der Waals surface area contributed by atoms with E-state index in [1.807, 2.05) is 43.6 Å². The standard InChI is InChI=1S/C20H25N4O2/c1-4-23(5-2)19-8-6-17(7-9-19)14-18(15-21)20(25)26-13-12-24(3)11-10-22-16-24/h6-11,14,16H,4-5,12-13H2,1-3H3/q+1. The van der Waals surface area contributed by atoms with E-state index in [1.54, 1.807) is 18.6 Å². The lowest BCUT2D eigenvalue weighted by molar-refractivity contribution is -0.756. The zero-order valence-corrected chi connectivity index (χ0v) is 15.6. The molecule has 0 aliphatic carbocycles. The molecule has 0 radical (unpaired) electrons. The van der Waals surface area contributed by atoms with Crippen LogP contribution >= 0.6 is 0 Å². The Bertz CT molecular complexity index is 741. The van der Waals surface area contributed by atoms with Gasteiger partial charge in [0.1, 0.15) is 31.0 Å². The molecule has 1 aromatic rings. The second kappa shape index (κ2) is 8.97. The molecular weight excluding hydrogens is 328 g/mol.